The Morgan fingerprint density at radius 2 is 1.69 bits per heavy atom. The lowest BCUT2D eigenvalue weighted by Crippen LogP contribution is -2.51. The minimum Gasteiger partial charge on any atom is -0.355 e. The summed E-state index contributed by atoms with van der Waals surface area (Å²) in [6, 6.07) is 11.0. The number of halogens is 2. The zero-order valence-corrected chi connectivity index (χ0v) is 20.8. The van der Waals surface area contributed by atoms with Crippen LogP contribution in [0.15, 0.2) is 42.5 Å². The van der Waals surface area contributed by atoms with Crippen LogP contribution in [0.3, 0.4) is 0 Å². The van der Waals surface area contributed by atoms with Crippen molar-refractivity contribution in [2.24, 2.45) is 0 Å². The maximum absolute atomic E-state index is 13.4. The molecule has 2 aromatic rings. The number of amides is 2. The second-order valence-corrected chi connectivity index (χ2v) is 10.2. The van der Waals surface area contributed by atoms with Crippen LogP contribution in [-0.4, -0.2) is 50.5 Å². The van der Waals surface area contributed by atoms with Gasteiger partial charge in [-0.05, 0) is 50.1 Å². The smallest absolute Gasteiger partial charge is 0.244 e. The third-order valence-electron chi connectivity index (χ3n) is 4.93. The maximum atomic E-state index is 13.4. The predicted molar refractivity (Wildman–Crippen MR) is 129 cm³/mol. The van der Waals surface area contributed by atoms with Gasteiger partial charge < -0.3 is 10.2 Å². The molecule has 7 nitrogen and oxygen atoms in total. The largest absolute Gasteiger partial charge is 0.355 e. The molecule has 0 bridgehead atoms. The van der Waals surface area contributed by atoms with Crippen molar-refractivity contribution in [2.75, 3.05) is 23.7 Å². The minimum absolute atomic E-state index is 0.151. The van der Waals surface area contributed by atoms with Crippen molar-refractivity contribution in [3.63, 3.8) is 0 Å². The van der Waals surface area contributed by atoms with Crippen LogP contribution in [0.5, 0.6) is 0 Å². The van der Waals surface area contributed by atoms with Crippen molar-refractivity contribution in [3.8, 4) is 0 Å². The summed E-state index contributed by atoms with van der Waals surface area (Å²) < 4.78 is 26.0. The van der Waals surface area contributed by atoms with E-state index >= 15 is 0 Å². The van der Waals surface area contributed by atoms with E-state index in [1.807, 2.05) is 31.2 Å². The van der Waals surface area contributed by atoms with E-state index in [0.717, 1.165) is 21.7 Å². The predicted octanol–water partition coefficient (Wildman–Crippen LogP) is 3.62. The van der Waals surface area contributed by atoms with Gasteiger partial charge in [-0.25, -0.2) is 8.42 Å². The van der Waals surface area contributed by atoms with Crippen LogP contribution >= 0.6 is 23.2 Å². The molecule has 0 heterocycles. The van der Waals surface area contributed by atoms with Gasteiger partial charge in [-0.15, -0.1) is 0 Å². The Morgan fingerprint density at radius 3 is 2.22 bits per heavy atom. The fraction of sp³-hybridized carbons (Fsp3) is 0.364. The Balaban J connectivity index is 2.43. The number of sulfonamides is 1. The molecule has 2 aromatic carbocycles. The quantitative estimate of drug-likeness (QED) is 0.570. The Kier molecular flexibility index (Phi) is 8.95. The molecule has 2 amide bonds. The van der Waals surface area contributed by atoms with E-state index in [-0.39, 0.29) is 28.2 Å². The highest BCUT2D eigenvalue weighted by Gasteiger charge is 2.30. The highest BCUT2D eigenvalue weighted by Crippen LogP contribution is 2.27. The molecule has 0 aromatic heterocycles. The number of hydrogen-bond donors (Lipinski definition) is 1. The summed E-state index contributed by atoms with van der Waals surface area (Å²) in [5.74, 6) is -0.861. The number of carbonyl (C=O) groups is 2. The third-order valence-corrected chi connectivity index (χ3v) is 6.51. The standard InChI is InChI=1S/C22H27Cl2N3O4S/c1-5-25-22(29)16(3)26(13-17-9-7-6-8-15(17)2)21(28)14-27(32(4,30)31)20-11-18(23)10-19(24)12-20/h6-12,16H,5,13-14H2,1-4H3,(H,25,29)/t16-/m1/s1. The number of nitrogens with one attached hydrogen (secondary N) is 1. The van der Waals surface area contributed by atoms with Crippen LogP contribution < -0.4 is 9.62 Å². The number of rotatable bonds is 9. The first-order valence-corrected chi connectivity index (χ1v) is 12.6. The number of hydrogen-bond acceptors (Lipinski definition) is 4. The van der Waals surface area contributed by atoms with Crippen molar-refractivity contribution in [3.05, 3.63) is 63.6 Å². The molecule has 1 N–H and O–H groups in total. The summed E-state index contributed by atoms with van der Waals surface area (Å²) in [6.45, 7) is 5.36. The Hall–Kier alpha value is -2.29. The monoisotopic (exact) mass is 499 g/mol. The Labute approximate surface area is 199 Å². The van der Waals surface area contributed by atoms with Gasteiger partial charge in [0.2, 0.25) is 21.8 Å². The average molecular weight is 500 g/mol. The van der Waals surface area contributed by atoms with E-state index in [1.54, 1.807) is 13.8 Å². The highest BCUT2D eigenvalue weighted by atomic mass is 35.5. The first-order valence-electron chi connectivity index (χ1n) is 9.99. The summed E-state index contributed by atoms with van der Waals surface area (Å²) in [6.07, 6.45) is 0.994. The normalized spacial score (nSPS) is 12.2. The summed E-state index contributed by atoms with van der Waals surface area (Å²) >= 11 is 12.1. The molecule has 0 aliphatic carbocycles. The zero-order chi connectivity index (χ0) is 24.1. The second kappa shape index (κ2) is 11.0. The van der Waals surface area contributed by atoms with Gasteiger partial charge >= 0.3 is 0 Å². The molecular formula is C22H27Cl2N3O4S. The minimum atomic E-state index is -3.85. The van der Waals surface area contributed by atoms with E-state index in [1.165, 1.54) is 23.1 Å². The van der Waals surface area contributed by atoms with Gasteiger partial charge in [0, 0.05) is 23.1 Å². The Bertz CT molecular complexity index is 1070. The van der Waals surface area contributed by atoms with Gasteiger partial charge in [-0.1, -0.05) is 47.5 Å². The SMILES string of the molecule is CCNC(=O)[C@@H](C)N(Cc1ccccc1C)C(=O)CN(c1cc(Cl)cc(Cl)c1)S(C)(=O)=O. The van der Waals surface area contributed by atoms with Gasteiger partial charge in [-0.3, -0.25) is 13.9 Å². The van der Waals surface area contributed by atoms with Gasteiger partial charge in [0.1, 0.15) is 12.6 Å². The molecule has 0 spiro atoms. The number of aryl methyl sites for hydroxylation is 1. The highest BCUT2D eigenvalue weighted by molar-refractivity contribution is 7.92. The van der Waals surface area contributed by atoms with Gasteiger partial charge in [0.25, 0.3) is 0 Å². The zero-order valence-electron chi connectivity index (χ0n) is 18.4. The number of benzene rings is 2. The van der Waals surface area contributed by atoms with E-state index in [2.05, 4.69) is 5.32 Å². The fourth-order valence-corrected chi connectivity index (χ4v) is 4.52. The van der Waals surface area contributed by atoms with E-state index in [0.29, 0.717) is 6.54 Å². The van der Waals surface area contributed by atoms with Crippen molar-refractivity contribution in [2.45, 2.75) is 33.4 Å². The molecule has 0 fully saturated rings. The molecule has 2 rings (SSSR count). The van der Waals surface area contributed by atoms with Gasteiger partial charge in [0.15, 0.2) is 0 Å². The number of anilines is 1. The van der Waals surface area contributed by atoms with Crippen LogP contribution in [0.4, 0.5) is 5.69 Å². The lowest BCUT2D eigenvalue weighted by Gasteiger charge is -2.31. The molecule has 32 heavy (non-hydrogen) atoms. The van der Waals surface area contributed by atoms with Gasteiger partial charge in [-0.2, -0.15) is 0 Å². The van der Waals surface area contributed by atoms with Crippen molar-refractivity contribution >= 4 is 50.7 Å². The second-order valence-electron chi connectivity index (χ2n) is 7.42. The number of nitrogens with zero attached hydrogens (tertiary/aromatic N) is 2. The molecule has 10 heteroatoms. The van der Waals surface area contributed by atoms with Crippen LogP contribution in [0.1, 0.15) is 25.0 Å². The molecule has 0 saturated heterocycles. The average Bonchev–Trinajstić information content (AvgIpc) is 2.69. The Morgan fingerprint density at radius 1 is 1.09 bits per heavy atom. The molecule has 0 radical (unpaired) electrons. The molecular weight excluding hydrogens is 473 g/mol. The molecule has 174 valence electrons. The van der Waals surface area contributed by atoms with Gasteiger partial charge in [0.05, 0.1) is 11.9 Å². The van der Waals surface area contributed by atoms with E-state index in [4.69, 9.17) is 23.2 Å². The maximum Gasteiger partial charge on any atom is 0.244 e. The summed E-state index contributed by atoms with van der Waals surface area (Å²) in [5.41, 5.74) is 1.98. The lowest BCUT2D eigenvalue weighted by molar-refractivity contribution is -0.139. The van der Waals surface area contributed by atoms with Crippen molar-refractivity contribution in [1.82, 2.24) is 10.2 Å². The van der Waals surface area contributed by atoms with Crippen molar-refractivity contribution < 1.29 is 18.0 Å². The van der Waals surface area contributed by atoms with Crippen LogP contribution in [-0.2, 0) is 26.2 Å². The lowest BCUT2D eigenvalue weighted by atomic mass is 10.1. The fourth-order valence-electron chi connectivity index (χ4n) is 3.17. The molecule has 1 atom stereocenters. The molecule has 0 unspecified atom stereocenters. The van der Waals surface area contributed by atoms with Crippen LogP contribution in [0.25, 0.3) is 0 Å². The summed E-state index contributed by atoms with van der Waals surface area (Å²) in [7, 11) is -3.85. The van der Waals surface area contributed by atoms with E-state index in [9.17, 15) is 18.0 Å². The topological polar surface area (TPSA) is 86.8 Å². The van der Waals surface area contributed by atoms with Crippen molar-refractivity contribution in [1.29, 1.82) is 0 Å². The number of carbonyl (C=O) groups excluding carboxylic acids is 2. The third kappa shape index (κ3) is 6.85. The first-order chi connectivity index (χ1) is 14.9. The summed E-state index contributed by atoms with van der Waals surface area (Å²) in [4.78, 5) is 27.3. The number of likely N-dealkylation sites (N-methyl/N-ethyl adjacent to an activating group) is 1. The molecule has 0 aliphatic rings. The molecule has 0 saturated carbocycles. The van der Waals surface area contributed by atoms with Crippen LogP contribution in [0.2, 0.25) is 10.0 Å². The molecule has 0 aliphatic heterocycles. The van der Waals surface area contributed by atoms with Crippen LogP contribution in [0, 0.1) is 6.92 Å². The first kappa shape index (κ1) is 26.0. The summed E-state index contributed by atoms with van der Waals surface area (Å²) in [5, 5.41) is 3.19. The van der Waals surface area contributed by atoms with E-state index < -0.39 is 28.5 Å².